The maximum atomic E-state index is 12.9. The third-order valence-electron chi connectivity index (χ3n) is 5.97. The summed E-state index contributed by atoms with van der Waals surface area (Å²) in [5.41, 5.74) is 2.18. The van der Waals surface area contributed by atoms with Crippen LogP contribution < -0.4 is 10.3 Å². The van der Waals surface area contributed by atoms with Crippen molar-refractivity contribution in [3.8, 4) is 22.6 Å². The van der Waals surface area contributed by atoms with Crippen LogP contribution in [0.3, 0.4) is 0 Å². The molecule has 0 spiro atoms. The van der Waals surface area contributed by atoms with Gasteiger partial charge in [-0.1, -0.05) is 0 Å². The molecule has 2 aromatic carbocycles. The highest BCUT2D eigenvalue weighted by atomic mass is 32.2. The van der Waals surface area contributed by atoms with Crippen LogP contribution in [0.5, 0.6) is 5.75 Å². The second kappa shape index (κ2) is 8.15. The van der Waals surface area contributed by atoms with Gasteiger partial charge in [0.1, 0.15) is 5.75 Å². The van der Waals surface area contributed by atoms with E-state index in [0.717, 1.165) is 12.8 Å². The second-order valence-corrected chi connectivity index (χ2v) is 10.6. The SMILES string of the molecule is [C-]#[N+]c1cnn(-c2ccc3c(=O)n(C)cc(-c4cc(S(C)(=O)=O)ccc4OCC4CC4)c3c2)c1. The van der Waals surface area contributed by atoms with Gasteiger partial charge in [0.25, 0.3) is 5.56 Å². The predicted molar refractivity (Wildman–Crippen MR) is 129 cm³/mol. The van der Waals surface area contributed by atoms with Gasteiger partial charge in [0.05, 0.1) is 30.0 Å². The average molecular weight is 475 g/mol. The minimum atomic E-state index is -3.46. The largest absolute Gasteiger partial charge is 0.493 e. The van der Waals surface area contributed by atoms with Crippen molar-refractivity contribution in [3.05, 3.63) is 76.8 Å². The molecule has 0 saturated heterocycles. The van der Waals surface area contributed by atoms with E-state index in [4.69, 9.17) is 11.3 Å². The summed E-state index contributed by atoms with van der Waals surface area (Å²) in [6.45, 7) is 7.74. The Hall–Kier alpha value is -3.90. The van der Waals surface area contributed by atoms with Gasteiger partial charge in [0.2, 0.25) is 5.69 Å². The number of fused-ring (bicyclic) bond motifs is 1. The number of aromatic nitrogens is 3. The molecular weight excluding hydrogens is 452 g/mol. The van der Waals surface area contributed by atoms with E-state index in [0.29, 0.717) is 51.5 Å². The van der Waals surface area contributed by atoms with Gasteiger partial charge in [0.15, 0.2) is 9.84 Å². The summed E-state index contributed by atoms with van der Waals surface area (Å²) in [7, 11) is -1.79. The topological polar surface area (TPSA) is 87.5 Å². The van der Waals surface area contributed by atoms with Crippen LogP contribution in [0.25, 0.3) is 32.4 Å². The van der Waals surface area contributed by atoms with Gasteiger partial charge in [-0.05, 0) is 60.5 Å². The summed E-state index contributed by atoms with van der Waals surface area (Å²) in [4.78, 5) is 16.5. The first-order chi connectivity index (χ1) is 16.2. The van der Waals surface area contributed by atoms with Crippen molar-refractivity contribution in [2.45, 2.75) is 17.7 Å². The molecule has 1 aliphatic carbocycles. The van der Waals surface area contributed by atoms with Crippen LogP contribution in [0.4, 0.5) is 5.69 Å². The lowest BCUT2D eigenvalue weighted by atomic mass is 9.99. The maximum Gasteiger partial charge on any atom is 0.258 e. The van der Waals surface area contributed by atoms with E-state index in [1.165, 1.54) is 17.0 Å². The van der Waals surface area contributed by atoms with Crippen molar-refractivity contribution >= 4 is 26.3 Å². The fourth-order valence-electron chi connectivity index (χ4n) is 3.89. The van der Waals surface area contributed by atoms with E-state index in [1.807, 2.05) is 6.07 Å². The van der Waals surface area contributed by atoms with Gasteiger partial charge in [-0.15, -0.1) is 0 Å². The molecule has 172 valence electrons. The van der Waals surface area contributed by atoms with E-state index < -0.39 is 9.84 Å². The Morgan fingerprint density at radius 1 is 1.12 bits per heavy atom. The molecule has 9 heteroatoms. The maximum absolute atomic E-state index is 12.9. The normalized spacial score (nSPS) is 13.7. The van der Waals surface area contributed by atoms with E-state index in [9.17, 15) is 13.2 Å². The number of benzene rings is 2. The average Bonchev–Trinajstić information content (AvgIpc) is 3.53. The first-order valence-corrected chi connectivity index (χ1v) is 12.7. The number of nitrogens with zero attached hydrogens (tertiary/aromatic N) is 4. The van der Waals surface area contributed by atoms with Crippen LogP contribution in [0.15, 0.2) is 64.7 Å². The predicted octanol–water partition coefficient (Wildman–Crippen LogP) is 4.13. The fraction of sp³-hybridized carbons (Fsp3) is 0.240. The minimum absolute atomic E-state index is 0.174. The molecule has 0 atom stereocenters. The summed E-state index contributed by atoms with van der Waals surface area (Å²) in [5.74, 6) is 1.08. The molecule has 0 radical (unpaired) electrons. The zero-order valence-electron chi connectivity index (χ0n) is 18.7. The van der Waals surface area contributed by atoms with Crippen molar-refractivity contribution in [2.24, 2.45) is 13.0 Å². The monoisotopic (exact) mass is 474 g/mol. The summed E-state index contributed by atoms with van der Waals surface area (Å²) < 4.78 is 33.8. The van der Waals surface area contributed by atoms with Crippen LogP contribution in [-0.2, 0) is 16.9 Å². The van der Waals surface area contributed by atoms with Gasteiger partial charge in [-0.25, -0.2) is 13.3 Å². The highest BCUT2D eigenvalue weighted by Gasteiger charge is 2.24. The third kappa shape index (κ3) is 4.08. The molecule has 0 amide bonds. The molecular formula is C25H22N4O4S. The second-order valence-electron chi connectivity index (χ2n) is 8.63. The van der Waals surface area contributed by atoms with Crippen molar-refractivity contribution < 1.29 is 13.2 Å². The van der Waals surface area contributed by atoms with Crippen molar-refractivity contribution in [1.82, 2.24) is 14.3 Å². The van der Waals surface area contributed by atoms with Crippen LogP contribution in [0.1, 0.15) is 12.8 Å². The molecule has 0 bridgehead atoms. The van der Waals surface area contributed by atoms with Gasteiger partial charge in [-0.2, -0.15) is 5.10 Å². The van der Waals surface area contributed by atoms with Crippen LogP contribution in [0.2, 0.25) is 0 Å². The number of ether oxygens (including phenoxy) is 1. The van der Waals surface area contributed by atoms with Crippen molar-refractivity contribution in [1.29, 1.82) is 0 Å². The van der Waals surface area contributed by atoms with E-state index in [-0.39, 0.29) is 10.5 Å². The molecule has 2 aromatic heterocycles. The smallest absolute Gasteiger partial charge is 0.258 e. The Morgan fingerprint density at radius 3 is 2.59 bits per heavy atom. The fourth-order valence-corrected chi connectivity index (χ4v) is 4.54. The summed E-state index contributed by atoms with van der Waals surface area (Å²) in [5, 5.41) is 5.37. The van der Waals surface area contributed by atoms with Gasteiger partial charge >= 0.3 is 0 Å². The zero-order chi connectivity index (χ0) is 24.0. The Morgan fingerprint density at radius 2 is 1.91 bits per heavy atom. The summed E-state index contributed by atoms with van der Waals surface area (Å²) in [6, 6.07) is 10.2. The number of pyridine rings is 1. The van der Waals surface area contributed by atoms with Gasteiger partial charge in [-0.3, -0.25) is 9.48 Å². The quantitative estimate of drug-likeness (QED) is 0.392. The number of aryl methyl sites for hydroxylation is 1. The highest BCUT2D eigenvalue weighted by molar-refractivity contribution is 7.90. The van der Waals surface area contributed by atoms with Crippen molar-refractivity contribution in [2.75, 3.05) is 12.9 Å². The van der Waals surface area contributed by atoms with E-state index in [2.05, 4.69) is 9.94 Å². The van der Waals surface area contributed by atoms with Crippen molar-refractivity contribution in [3.63, 3.8) is 0 Å². The van der Waals surface area contributed by atoms with Crippen LogP contribution in [-0.4, -0.2) is 35.6 Å². The zero-order valence-corrected chi connectivity index (χ0v) is 19.5. The van der Waals surface area contributed by atoms with E-state index in [1.54, 1.807) is 54.5 Å². The van der Waals surface area contributed by atoms with E-state index >= 15 is 0 Å². The summed E-state index contributed by atoms with van der Waals surface area (Å²) in [6.07, 6.45) is 8.21. The Labute approximate surface area is 196 Å². The number of rotatable bonds is 6. The molecule has 5 rings (SSSR count). The molecule has 1 fully saturated rings. The molecule has 2 heterocycles. The molecule has 0 aliphatic heterocycles. The first-order valence-electron chi connectivity index (χ1n) is 10.8. The Bertz CT molecular complexity index is 1640. The molecule has 1 saturated carbocycles. The lowest BCUT2D eigenvalue weighted by Gasteiger charge is -2.16. The summed E-state index contributed by atoms with van der Waals surface area (Å²) >= 11 is 0. The number of hydrogen-bond donors (Lipinski definition) is 0. The molecule has 1 aliphatic rings. The standard InChI is InChI=1S/C25H22N4O4S/c1-26-17-12-27-29(13-17)18-6-8-20-21(10-18)23(14-28(2)25(20)30)22-11-19(34(3,31)32)7-9-24(22)33-15-16-4-5-16/h6-14,16H,4-5,15H2,2-3H3. The Balaban J connectivity index is 1.76. The molecule has 4 aromatic rings. The molecule has 8 nitrogen and oxygen atoms in total. The molecule has 34 heavy (non-hydrogen) atoms. The van der Waals surface area contributed by atoms with Gasteiger partial charge in [0, 0.05) is 42.2 Å². The molecule has 0 N–H and O–H groups in total. The number of sulfone groups is 1. The lowest BCUT2D eigenvalue weighted by Crippen LogP contribution is -2.17. The molecule has 0 unspecified atom stereocenters. The highest BCUT2D eigenvalue weighted by Crippen LogP contribution is 2.38. The first kappa shape index (κ1) is 21.9. The third-order valence-corrected chi connectivity index (χ3v) is 7.08. The lowest BCUT2D eigenvalue weighted by molar-refractivity contribution is 0.301. The number of hydrogen-bond acceptors (Lipinski definition) is 5. The van der Waals surface area contributed by atoms with Crippen LogP contribution >= 0.6 is 0 Å². The minimum Gasteiger partial charge on any atom is -0.493 e. The Kier molecular flexibility index (Phi) is 5.25. The van der Waals surface area contributed by atoms with Crippen LogP contribution in [0, 0.1) is 12.5 Å². The van der Waals surface area contributed by atoms with Gasteiger partial charge < -0.3 is 9.30 Å².